The average Bonchev–Trinajstić information content (AvgIpc) is 2.79. The zero-order valence-electron chi connectivity index (χ0n) is 21.2. The lowest BCUT2D eigenvalue weighted by Crippen LogP contribution is -2.08. The molecular weight excluding hydrogens is 477 g/mol. The third kappa shape index (κ3) is 5.58. The summed E-state index contributed by atoms with van der Waals surface area (Å²) in [5, 5.41) is 1.90. The average molecular weight is 505 g/mol. The summed E-state index contributed by atoms with van der Waals surface area (Å²) in [6, 6.07) is 12.3. The van der Waals surface area contributed by atoms with E-state index >= 15 is 0 Å². The molecule has 10 heteroatoms. The van der Waals surface area contributed by atoms with Gasteiger partial charge >= 0.3 is 7.25 Å². The van der Waals surface area contributed by atoms with E-state index in [4.69, 9.17) is 18.9 Å². The number of aromatic nitrogens is 1. The van der Waals surface area contributed by atoms with E-state index in [1.54, 1.807) is 28.4 Å². The molecule has 0 amide bonds. The van der Waals surface area contributed by atoms with Gasteiger partial charge in [0.05, 0.1) is 56.9 Å². The van der Waals surface area contributed by atoms with Gasteiger partial charge in [0.1, 0.15) is 23.0 Å². The number of hydrogen-bond donors (Lipinski definition) is 0. The minimum Gasteiger partial charge on any atom is -0.496 e. The third-order valence-corrected chi connectivity index (χ3v) is 5.76. The molecule has 0 atom stereocenters. The molecule has 0 spiro atoms. The Hall–Kier alpha value is -3.69. The van der Waals surface area contributed by atoms with Gasteiger partial charge in [0.2, 0.25) is 11.0 Å². The van der Waals surface area contributed by atoms with Gasteiger partial charge in [-0.05, 0) is 43.5 Å². The molecule has 0 aliphatic heterocycles. The van der Waals surface area contributed by atoms with E-state index in [2.05, 4.69) is 44.0 Å². The maximum Gasteiger partial charge on any atom is 0.673 e. The Morgan fingerprint density at radius 3 is 1.67 bits per heavy atom. The van der Waals surface area contributed by atoms with E-state index in [1.807, 2.05) is 18.2 Å². The molecule has 5 nitrogen and oxygen atoms in total. The summed E-state index contributed by atoms with van der Waals surface area (Å²) < 4.78 is 61.9. The van der Waals surface area contributed by atoms with Crippen LogP contribution in [0.2, 0.25) is 0 Å². The number of aromatic amines is 1. The second-order valence-electron chi connectivity index (χ2n) is 8.28. The molecule has 192 valence electrons. The Bertz CT molecular complexity index is 1390. The van der Waals surface area contributed by atoms with E-state index in [9.17, 15) is 17.3 Å². The normalized spacial score (nSPS) is 11.2. The second-order valence-corrected chi connectivity index (χ2v) is 8.28. The second kappa shape index (κ2) is 10.5. The van der Waals surface area contributed by atoms with Crippen molar-refractivity contribution in [2.75, 3.05) is 28.4 Å². The van der Waals surface area contributed by atoms with Crippen molar-refractivity contribution in [3.63, 3.8) is 0 Å². The molecule has 0 fully saturated rings. The molecule has 1 aromatic heterocycles. The van der Waals surface area contributed by atoms with E-state index in [0.717, 1.165) is 55.9 Å². The molecule has 0 radical (unpaired) electrons. The van der Waals surface area contributed by atoms with Crippen LogP contribution in [0.3, 0.4) is 0 Å². The smallest absolute Gasteiger partial charge is 0.496 e. The van der Waals surface area contributed by atoms with Gasteiger partial charge in [0.15, 0.2) is 0 Å². The Morgan fingerprint density at radius 2 is 1.17 bits per heavy atom. The lowest BCUT2D eigenvalue weighted by atomic mass is 9.91. The molecule has 1 heterocycles. The predicted octanol–water partition coefficient (Wildman–Crippen LogP) is 6.73. The lowest BCUT2D eigenvalue weighted by Gasteiger charge is -2.19. The molecule has 0 aliphatic rings. The van der Waals surface area contributed by atoms with Crippen LogP contribution >= 0.6 is 0 Å². The maximum atomic E-state index is 9.75. The van der Waals surface area contributed by atoms with Gasteiger partial charge in [-0.2, -0.15) is 0 Å². The predicted molar refractivity (Wildman–Crippen MR) is 134 cm³/mol. The minimum absolute atomic E-state index is 0.724. The molecule has 36 heavy (non-hydrogen) atoms. The first kappa shape index (κ1) is 26.9. The highest BCUT2D eigenvalue weighted by atomic mass is 19.5. The summed E-state index contributed by atoms with van der Waals surface area (Å²) in [5.41, 5.74) is 7.48. The highest BCUT2D eigenvalue weighted by molar-refractivity contribution is 6.50. The molecule has 0 saturated carbocycles. The van der Waals surface area contributed by atoms with E-state index in [0.29, 0.717) is 0 Å². The topological polar surface area (TPSA) is 51.1 Å². The van der Waals surface area contributed by atoms with Crippen LogP contribution in [0.25, 0.3) is 32.9 Å². The van der Waals surface area contributed by atoms with Gasteiger partial charge < -0.3 is 36.2 Å². The standard InChI is InChI=1S/C26H27NO4.BF4/c1-14-8-15(2)24(16(3)9-14)25-23(30-6)13-21-19(26(25)31-7)12-18-20(27-21)10-17(28-4)11-22(18)29-5;2-1(3,4)5/h8-13H,1-7H3;/q;-1/p+1. The van der Waals surface area contributed by atoms with Crippen LogP contribution in [-0.2, 0) is 0 Å². The largest absolute Gasteiger partial charge is 0.673 e. The lowest BCUT2D eigenvalue weighted by molar-refractivity contribution is -0.310. The van der Waals surface area contributed by atoms with Crippen LogP contribution in [0.15, 0.2) is 36.4 Å². The van der Waals surface area contributed by atoms with Crippen molar-refractivity contribution < 1.29 is 41.2 Å². The zero-order chi connectivity index (χ0) is 26.8. The van der Waals surface area contributed by atoms with Gasteiger partial charge in [-0.15, -0.1) is 0 Å². The van der Waals surface area contributed by atoms with E-state index in [-0.39, 0.29) is 0 Å². The molecule has 3 aromatic carbocycles. The third-order valence-electron chi connectivity index (χ3n) is 5.76. The molecule has 0 bridgehead atoms. The highest BCUT2D eigenvalue weighted by Gasteiger charge is 2.24. The van der Waals surface area contributed by atoms with Crippen molar-refractivity contribution in [1.29, 1.82) is 0 Å². The quantitative estimate of drug-likeness (QED) is 0.171. The fourth-order valence-corrected chi connectivity index (χ4v) is 4.51. The monoisotopic (exact) mass is 505 g/mol. The number of methoxy groups -OCH3 is 4. The van der Waals surface area contributed by atoms with Crippen molar-refractivity contribution in [1.82, 2.24) is 0 Å². The summed E-state index contributed by atoms with van der Waals surface area (Å²) in [5.74, 6) is 2.97. The molecule has 4 rings (SSSR count). The first-order chi connectivity index (χ1) is 16.9. The molecule has 4 aromatic rings. The van der Waals surface area contributed by atoms with Gasteiger partial charge in [0, 0.05) is 6.07 Å². The Kier molecular flexibility index (Phi) is 7.86. The van der Waals surface area contributed by atoms with Crippen molar-refractivity contribution in [2.45, 2.75) is 20.8 Å². The number of nitrogens with one attached hydrogen (secondary N) is 1. The number of H-pyrrole nitrogens is 1. The van der Waals surface area contributed by atoms with Crippen molar-refractivity contribution in [2.24, 2.45) is 0 Å². The van der Waals surface area contributed by atoms with Crippen molar-refractivity contribution >= 4 is 29.1 Å². The van der Waals surface area contributed by atoms with Crippen LogP contribution in [0.1, 0.15) is 16.7 Å². The van der Waals surface area contributed by atoms with Crippen LogP contribution < -0.4 is 23.9 Å². The van der Waals surface area contributed by atoms with Gasteiger partial charge in [-0.3, -0.25) is 0 Å². The summed E-state index contributed by atoms with van der Waals surface area (Å²) in [6.07, 6.45) is 0. The fourth-order valence-electron chi connectivity index (χ4n) is 4.51. The van der Waals surface area contributed by atoms with Crippen LogP contribution in [-0.4, -0.2) is 35.7 Å². The number of ether oxygens (including phenoxy) is 4. The Balaban J connectivity index is 0.000000658. The number of hydrogen-bond acceptors (Lipinski definition) is 4. The van der Waals surface area contributed by atoms with Crippen LogP contribution in [0.5, 0.6) is 23.0 Å². The molecule has 1 N–H and O–H groups in total. The number of benzene rings is 3. The summed E-state index contributed by atoms with van der Waals surface area (Å²) >= 11 is 0. The number of halogens is 4. The molecule has 0 unspecified atom stereocenters. The van der Waals surface area contributed by atoms with Crippen molar-refractivity contribution in [3.8, 4) is 34.1 Å². The Morgan fingerprint density at radius 1 is 0.611 bits per heavy atom. The maximum absolute atomic E-state index is 9.75. The number of rotatable bonds is 5. The van der Waals surface area contributed by atoms with Crippen molar-refractivity contribution in [3.05, 3.63) is 53.1 Å². The number of fused-ring (bicyclic) bond motifs is 2. The van der Waals surface area contributed by atoms with Gasteiger partial charge in [-0.25, -0.2) is 4.98 Å². The molecule has 0 saturated heterocycles. The SMILES string of the molecule is COc1cc(OC)c2cc3c(OC)c(-c4c(C)cc(C)cc4C)c(OC)cc3[nH+]c2c1.F[B-](F)(F)F. The summed E-state index contributed by atoms with van der Waals surface area (Å²) in [7, 11) is 0.697. The van der Waals surface area contributed by atoms with Gasteiger partial charge in [0.25, 0.3) is 0 Å². The molecule has 0 aliphatic carbocycles. The first-order valence-corrected chi connectivity index (χ1v) is 11.0. The Labute approximate surface area is 207 Å². The first-order valence-electron chi connectivity index (χ1n) is 11.0. The van der Waals surface area contributed by atoms with Crippen LogP contribution in [0.4, 0.5) is 17.3 Å². The van der Waals surface area contributed by atoms with E-state index in [1.165, 1.54) is 16.7 Å². The minimum atomic E-state index is -6.00. The van der Waals surface area contributed by atoms with Crippen LogP contribution in [0, 0.1) is 20.8 Å². The number of aryl methyl sites for hydroxylation is 3. The summed E-state index contributed by atoms with van der Waals surface area (Å²) in [4.78, 5) is 3.51. The summed E-state index contributed by atoms with van der Waals surface area (Å²) in [6.45, 7) is 6.36. The zero-order valence-corrected chi connectivity index (χ0v) is 21.2. The molecular formula is C26H28BF4NO4. The van der Waals surface area contributed by atoms with Gasteiger partial charge in [-0.1, -0.05) is 17.7 Å². The fraction of sp³-hybridized carbons (Fsp3) is 0.269. The number of pyridine rings is 1. The highest BCUT2D eigenvalue weighted by Crippen LogP contribution is 2.46. The van der Waals surface area contributed by atoms with E-state index < -0.39 is 7.25 Å².